The van der Waals surface area contributed by atoms with Gasteiger partial charge in [-0.25, -0.2) is 0 Å². The number of anilines is 1. The van der Waals surface area contributed by atoms with Crippen LogP contribution < -0.4 is 10.1 Å². The molecule has 4 rings (SSSR count). The summed E-state index contributed by atoms with van der Waals surface area (Å²) in [6.45, 7) is 3.39. The number of carbonyl (C=O) groups is 4. The number of hydrogen-bond donors (Lipinski definition) is 1. The van der Waals surface area contributed by atoms with Gasteiger partial charge < -0.3 is 10.1 Å². The third kappa shape index (κ3) is 3.70. The smallest absolute Gasteiger partial charge is 0.282 e. The van der Waals surface area contributed by atoms with Crippen LogP contribution in [0, 0.1) is 10.1 Å². The molecule has 2 heterocycles. The Balaban J connectivity index is 1.43. The van der Waals surface area contributed by atoms with E-state index in [1.165, 1.54) is 18.2 Å². The van der Waals surface area contributed by atoms with Crippen molar-refractivity contribution in [3.05, 3.63) is 63.2 Å². The highest BCUT2D eigenvalue weighted by atomic mass is 16.6. The molecule has 0 fully saturated rings. The van der Waals surface area contributed by atoms with Gasteiger partial charge in [0, 0.05) is 24.7 Å². The van der Waals surface area contributed by atoms with Gasteiger partial charge in [0.2, 0.25) is 5.91 Å². The number of fused-ring (bicyclic) bond motifs is 2. The van der Waals surface area contributed by atoms with E-state index in [2.05, 4.69) is 5.32 Å². The number of imide groups is 1. The molecule has 164 valence electrons. The minimum absolute atomic E-state index is 0.0549. The summed E-state index contributed by atoms with van der Waals surface area (Å²) in [5.41, 5.74) is -0.620. The molecule has 0 saturated carbocycles. The summed E-state index contributed by atoms with van der Waals surface area (Å²) < 4.78 is 5.78. The fourth-order valence-corrected chi connectivity index (χ4v) is 3.84. The molecule has 1 N–H and O–H groups in total. The number of benzene rings is 2. The van der Waals surface area contributed by atoms with E-state index in [9.17, 15) is 29.3 Å². The molecule has 0 bridgehead atoms. The van der Waals surface area contributed by atoms with Crippen LogP contribution in [0.25, 0.3) is 0 Å². The summed E-state index contributed by atoms with van der Waals surface area (Å²) in [6, 6.07) is 8.55. The summed E-state index contributed by atoms with van der Waals surface area (Å²) in [7, 11) is 0. The Morgan fingerprint density at radius 2 is 1.91 bits per heavy atom. The monoisotopic (exact) mass is 437 g/mol. The highest BCUT2D eigenvalue weighted by Gasteiger charge is 2.40. The molecule has 0 radical (unpaired) electrons. The van der Waals surface area contributed by atoms with Crippen molar-refractivity contribution in [1.82, 2.24) is 4.90 Å². The summed E-state index contributed by atoms with van der Waals surface area (Å²) in [4.78, 5) is 61.1. The molecule has 2 aromatic rings. The van der Waals surface area contributed by atoms with Crippen LogP contribution >= 0.6 is 0 Å². The van der Waals surface area contributed by atoms with Crippen molar-refractivity contribution in [3.8, 4) is 5.75 Å². The van der Waals surface area contributed by atoms with Gasteiger partial charge in [-0.3, -0.25) is 34.2 Å². The van der Waals surface area contributed by atoms with Gasteiger partial charge >= 0.3 is 0 Å². The van der Waals surface area contributed by atoms with Crippen molar-refractivity contribution in [1.29, 1.82) is 0 Å². The lowest BCUT2D eigenvalue weighted by atomic mass is 9.93. The second-order valence-corrected chi connectivity index (χ2v) is 8.19. The summed E-state index contributed by atoms with van der Waals surface area (Å²) >= 11 is 0. The molecule has 0 unspecified atom stereocenters. The molecular weight excluding hydrogens is 418 g/mol. The van der Waals surface area contributed by atoms with Crippen molar-refractivity contribution in [2.24, 2.45) is 0 Å². The van der Waals surface area contributed by atoms with Crippen molar-refractivity contribution < 1.29 is 28.8 Å². The quantitative estimate of drug-likeness (QED) is 0.431. The number of ether oxygens (including phenoxy) is 1. The van der Waals surface area contributed by atoms with Crippen molar-refractivity contribution in [2.75, 3.05) is 11.9 Å². The normalized spacial score (nSPS) is 16.3. The molecule has 0 atom stereocenters. The number of carbonyl (C=O) groups excluding carboxylic acids is 4. The van der Waals surface area contributed by atoms with Crippen LogP contribution in [0.15, 0.2) is 36.4 Å². The van der Waals surface area contributed by atoms with Crippen LogP contribution in [0.1, 0.15) is 57.8 Å². The van der Waals surface area contributed by atoms with E-state index < -0.39 is 33.9 Å². The first-order valence-corrected chi connectivity index (χ1v) is 9.87. The maximum atomic E-state index is 12.6. The van der Waals surface area contributed by atoms with Gasteiger partial charge in [0.15, 0.2) is 5.78 Å². The number of Topliss-reactive ketones (excluding diaryl/α,β-unsaturated/α-hetero) is 1. The fraction of sp³-hybridized carbons (Fsp3) is 0.273. The minimum atomic E-state index is -0.802. The Hall–Kier alpha value is -4.08. The van der Waals surface area contributed by atoms with E-state index in [0.29, 0.717) is 17.0 Å². The topological polar surface area (TPSA) is 136 Å². The van der Waals surface area contributed by atoms with Crippen molar-refractivity contribution in [3.63, 3.8) is 0 Å². The Morgan fingerprint density at radius 3 is 2.62 bits per heavy atom. The molecule has 3 amide bonds. The second-order valence-electron chi connectivity index (χ2n) is 8.19. The first kappa shape index (κ1) is 21.2. The maximum absolute atomic E-state index is 12.6. The fourth-order valence-electron chi connectivity index (χ4n) is 3.84. The number of hydrogen-bond acceptors (Lipinski definition) is 7. The predicted molar refractivity (Wildman–Crippen MR) is 112 cm³/mol. The summed E-state index contributed by atoms with van der Waals surface area (Å²) in [5, 5.41) is 13.8. The van der Waals surface area contributed by atoms with E-state index >= 15 is 0 Å². The number of rotatable bonds is 5. The zero-order chi connectivity index (χ0) is 23.2. The number of nitrogens with one attached hydrogen (secondary N) is 1. The Kier molecular flexibility index (Phi) is 5.00. The molecule has 32 heavy (non-hydrogen) atoms. The molecule has 10 nitrogen and oxygen atoms in total. The van der Waals surface area contributed by atoms with Gasteiger partial charge in [0.25, 0.3) is 17.5 Å². The van der Waals surface area contributed by atoms with Gasteiger partial charge in [-0.1, -0.05) is 6.07 Å². The van der Waals surface area contributed by atoms with Gasteiger partial charge in [0.1, 0.15) is 16.9 Å². The van der Waals surface area contributed by atoms with E-state index in [-0.39, 0.29) is 36.3 Å². The molecule has 2 aliphatic rings. The highest BCUT2D eigenvalue weighted by molar-refractivity contribution is 6.23. The largest absolute Gasteiger partial charge is 0.487 e. The first-order chi connectivity index (χ1) is 15.1. The lowest BCUT2D eigenvalue weighted by Crippen LogP contribution is -2.36. The van der Waals surface area contributed by atoms with Gasteiger partial charge in [-0.05, 0) is 38.1 Å². The Labute approximate surface area is 182 Å². The number of nitrogens with zero attached hydrogens (tertiary/aromatic N) is 2. The minimum Gasteiger partial charge on any atom is -0.487 e. The average molecular weight is 437 g/mol. The summed E-state index contributed by atoms with van der Waals surface area (Å²) in [6.07, 6.45) is -0.00287. The number of amides is 3. The number of nitro benzene ring substituents is 1. The van der Waals surface area contributed by atoms with Gasteiger partial charge in [0.05, 0.1) is 22.5 Å². The van der Waals surface area contributed by atoms with E-state index in [4.69, 9.17) is 4.74 Å². The molecular formula is C22H19N3O7. The average Bonchev–Trinajstić information content (AvgIpc) is 2.96. The molecule has 2 aromatic carbocycles. The highest BCUT2D eigenvalue weighted by Crippen LogP contribution is 2.35. The third-order valence-electron chi connectivity index (χ3n) is 5.27. The first-order valence-electron chi connectivity index (χ1n) is 9.87. The number of nitro groups is 1. The van der Waals surface area contributed by atoms with E-state index in [1.807, 2.05) is 13.8 Å². The Bertz CT molecular complexity index is 1200. The molecule has 0 aliphatic carbocycles. The van der Waals surface area contributed by atoms with Crippen LogP contribution in [0.5, 0.6) is 5.75 Å². The zero-order valence-electron chi connectivity index (χ0n) is 17.3. The molecule has 0 aromatic heterocycles. The zero-order valence-corrected chi connectivity index (χ0v) is 17.3. The van der Waals surface area contributed by atoms with Gasteiger partial charge in [-0.2, -0.15) is 0 Å². The molecule has 0 spiro atoms. The van der Waals surface area contributed by atoms with Crippen LogP contribution in [0.2, 0.25) is 0 Å². The number of ketones is 1. The van der Waals surface area contributed by atoms with Crippen molar-refractivity contribution >= 4 is 34.9 Å². The van der Waals surface area contributed by atoms with Crippen LogP contribution in [0.3, 0.4) is 0 Å². The van der Waals surface area contributed by atoms with Crippen LogP contribution in [0.4, 0.5) is 11.4 Å². The lowest BCUT2D eigenvalue weighted by Gasteiger charge is -2.31. The standard InChI is InChI=1S/C22H19N3O7/c1-22(2)11-16(26)14-10-12(6-7-17(14)32-22)23-18(27)8-9-24-20(28)13-4-3-5-15(25(30)31)19(13)21(24)29/h3-7,10H,8-9,11H2,1-2H3,(H,23,27). The molecule has 10 heteroatoms. The molecule has 0 saturated heterocycles. The van der Waals surface area contributed by atoms with Crippen LogP contribution in [-0.4, -0.2) is 45.5 Å². The van der Waals surface area contributed by atoms with E-state index in [1.54, 1.807) is 12.1 Å². The lowest BCUT2D eigenvalue weighted by molar-refractivity contribution is -0.385. The maximum Gasteiger partial charge on any atom is 0.282 e. The summed E-state index contributed by atoms with van der Waals surface area (Å²) in [5.74, 6) is -1.62. The Morgan fingerprint density at radius 1 is 1.16 bits per heavy atom. The van der Waals surface area contributed by atoms with E-state index in [0.717, 1.165) is 11.0 Å². The third-order valence-corrected chi connectivity index (χ3v) is 5.27. The van der Waals surface area contributed by atoms with Crippen molar-refractivity contribution in [2.45, 2.75) is 32.3 Å². The second kappa shape index (κ2) is 7.56. The SMILES string of the molecule is CC1(C)CC(=O)c2cc(NC(=O)CCN3C(=O)c4cccc([N+](=O)[O-])c4C3=O)ccc2O1. The molecule has 2 aliphatic heterocycles. The van der Waals surface area contributed by atoms with Gasteiger partial charge in [-0.15, -0.1) is 0 Å². The predicted octanol–water partition coefficient (Wildman–Crippen LogP) is 2.96. The van der Waals surface area contributed by atoms with Crippen LogP contribution in [-0.2, 0) is 4.79 Å².